The first-order valence-corrected chi connectivity index (χ1v) is 7.10. The highest BCUT2D eigenvalue weighted by atomic mass is 35.5. The van der Waals surface area contributed by atoms with Gasteiger partial charge in [-0.3, -0.25) is 4.90 Å². The van der Waals surface area contributed by atoms with E-state index in [1.165, 1.54) is 0 Å². The van der Waals surface area contributed by atoms with E-state index in [1.807, 2.05) is 25.2 Å². The van der Waals surface area contributed by atoms with Gasteiger partial charge in [-0.25, -0.2) is 0 Å². The van der Waals surface area contributed by atoms with E-state index in [-0.39, 0.29) is 6.04 Å². The molecule has 0 aliphatic carbocycles. The van der Waals surface area contributed by atoms with Crippen LogP contribution in [0.2, 0.25) is 5.02 Å². The van der Waals surface area contributed by atoms with E-state index >= 15 is 0 Å². The van der Waals surface area contributed by atoms with E-state index < -0.39 is 0 Å². The van der Waals surface area contributed by atoms with Crippen LogP contribution in [0.1, 0.15) is 37.2 Å². The molecule has 0 aliphatic rings. The van der Waals surface area contributed by atoms with Crippen molar-refractivity contribution in [1.29, 1.82) is 0 Å². The molecule has 2 rings (SSSR count). The smallest absolute Gasteiger partial charge is 0.230 e. The quantitative estimate of drug-likeness (QED) is 0.839. The Labute approximate surface area is 124 Å². The molecule has 2 aromatic rings. The molecule has 0 fully saturated rings. The van der Waals surface area contributed by atoms with Crippen LogP contribution in [0.4, 0.5) is 0 Å². The zero-order valence-electron chi connectivity index (χ0n) is 12.3. The maximum atomic E-state index is 6.34. The fourth-order valence-corrected chi connectivity index (χ4v) is 2.78. The highest BCUT2D eigenvalue weighted by molar-refractivity contribution is 6.31. The summed E-state index contributed by atoms with van der Waals surface area (Å²) in [4.78, 5) is 2.19. The van der Waals surface area contributed by atoms with Crippen molar-refractivity contribution in [3.05, 3.63) is 46.6 Å². The fourth-order valence-electron chi connectivity index (χ4n) is 2.53. The Kier molecular flexibility index (Phi) is 4.78. The van der Waals surface area contributed by atoms with Crippen LogP contribution in [0.3, 0.4) is 0 Å². The second-order valence-electron chi connectivity index (χ2n) is 5.34. The van der Waals surface area contributed by atoms with Gasteiger partial charge in [0.2, 0.25) is 11.8 Å². The lowest BCUT2D eigenvalue weighted by molar-refractivity contribution is 0.170. The first-order chi connectivity index (χ1) is 9.49. The van der Waals surface area contributed by atoms with E-state index in [9.17, 15) is 0 Å². The molecule has 0 spiro atoms. The third kappa shape index (κ3) is 3.38. The molecule has 5 heteroatoms. The lowest BCUT2D eigenvalue weighted by atomic mass is 9.94. The minimum absolute atomic E-state index is 0.205. The predicted molar refractivity (Wildman–Crippen MR) is 79.5 cm³/mol. The Morgan fingerprint density at radius 1 is 1.25 bits per heavy atom. The lowest BCUT2D eigenvalue weighted by Crippen LogP contribution is -2.28. The molecule has 1 aromatic carbocycles. The van der Waals surface area contributed by atoms with E-state index in [1.54, 1.807) is 6.92 Å². The van der Waals surface area contributed by atoms with E-state index in [0.717, 1.165) is 10.6 Å². The molecular weight excluding hydrogens is 274 g/mol. The Bertz CT molecular complexity index is 568. The minimum Gasteiger partial charge on any atom is -0.424 e. The third-order valence-electron chi connectivity index (χ3n) is 3.28. The molecule has 0 amide bonds. The molecule has 1 aromatic heterocycles. The monoisotopic (exact) mass is 293 g/mol. The van der Waals surface area contributed by atoms with Gasteiger partial charge in [0.05, 0.1) is 6.54 Å². The van der Waals surface area contributed by atoms with Gasteiger partial charge in [-0.1, -0.05) is 43.6 Å². The molecule has 1 heterocycles. The highest BCUT2D eigenvalue weighted by Crippen LogP contribution is 2.33. The van der Waals surface area contributed by atoms with Gasteiger partial charge in [-0.2, -0.15) is 0 Å². The summed E-state index contributed by atoms with van der Waals surface area (Å²) in [7, 11) is 2.05. The molecule has 1 atom stereocenters. The van der Waals surface area contributed by atoms with Gasteiger partial charge in [0.15, 0.2) is 0 Å². The average Bonchev–Trinajstić information content (AvgIpc) is 2.77. The summed E-state index contributed by atoms with van der Waals surface area (Å²) in [6.07, 6.45) is 0. The summed E-state index contributed by atoms with van der Waals surface area (Å²) in [5.74, 6) is 1.64. The van der Waals surface area contributed by atoms with Gasteiger partial charge in [-0.15, -0.1) is 10.2 Å². The van der Waals surface area contributed by atoms with Crippen molar-refractivity contribution in [2.45, 2.75) is 33.4 Å². The summed E-state index contributed by atoms with van der Waals surface area (Å²) in [6, 6.07) is 8.17. The lowest BCUT2D eigenvalue weighted by Gasteiger charge is -2.31. The largest absolute Gasteiger partial charge is 0.424 e. The molecular formula is C15H20ClN3O. The van der Waals surface area contributed by atoms with Crippen molar-refractivity contribution in [3.8, 4) is 0 Å². The van der Waals surface area contributed by atoms with E-state index in [2.05, 4.69) is 35.0 Å². The maximum absolute atomic E-state index is 6.34. The Morgan fingerprint density at radius 2 is 1.95 bits per heavy atom. The second-order valence-corrected chi connectivity index (χ2v) is 5.75. The van der Waals surface area contributed by atoms with E-state index in [4.69, 9.17) is 16.0 Å². The van der Waals surface area contributed by atoms with Crippen molar-refractivity contribution in [1.82, 2.24) is 15.1 Å². The van der Waals surface area contributed by atoms with E-state index in [0.29, 0.717) is 24.2 Å². The van der Waals surface area contributed by atoms with Crippen molar-refractivity contribution >= 4 is 11.6 Å². The summed E-state index contributed by atoms with van der Waals surface area (Å²) >= 11 is 6.34. The zero-order chi connectivity index (χ0) is 14.7. The second kappa shape index (κ2) is 6.37. The molecule has 0 saturated carbocycles. The number of hydrogen-bond acceptors (Lipinski definition) is 4. The van der Waals surface area contributed by atoms with Crippen LogP contribution in [0.15, 0.2) is 28.7 Å². The number of nitrogens with zero attached hydrogens (tertiary/aromatic N) is 3. The molecule has 0 bridgehead atoms. The van der Waals surface area contributed by atoms with Crippen molar-refractivity contribution in [2.24, 2.45) is 5.92 Å². The first-order valence-electron chi connectivity index (χ1n) is 6.72. The Hall–Kier alpha value is -1.39. The number of aryl methyl sites for hydroxylation is 1. The summed E-state index contributed by atoms with van der Waals surface area (Å²) in [5.41, 5.74) is 1.13. The number of hydrogen-bond donors (Lipinski definition) is 0. The highest BCUT2D eigenvalue weighted by Gasteiger charge is 2.24. The summed E-state index contributed by atoms with van der Waals surface area (Å²) in [6.45, 7) is 6.77. The normalized spacial score (nSPS) is 13.2. The van der Waals surface area contributed by atoms with Gasteiger partial charge in [0.25, 0.3) is 0 Å². The van der Waals surface area contributed by atoms with Crippen molar-refractivity contribution in [3.63, 3.8) is 0 Å². The summed E-state index contributed by atoms with van der Waals surface area (Å²) < 4.78 is 5.45. The van der Waals surface area contributed by atoms with Gasteiger partial charge in [-0.05, 0) is 24.6 Å². The Morgan fingerprint density at radius 3 is 2.50 bits per heavy atom. The van der Waals surface area contributed by atoms with Gasteiger partial charge in [0, 0.05) is 18.0 Å². The van der Waals surface area contributed by atoms with Crippen LogP contribution >= 0.6 is 11.6 Å². The molecule has 0 N–H and O–H groups in total. The fraction of sp³-hybridized carbons (Fsp3) is 0.467. The third-order valence-corrected chi connectivity index (χ3v) is 3.63. The molecule has 108 valence electrons. The molecule has 20 heavy (non-hydrogen) atoms. The van der Waals surface area contributed by atoms with Gasteiger partial charge < -0.3 is 4.42 Å². The predicted octanol–water partition coefficient (Wildman–Crippen LogP) is 3.86. The van der Waals surface area contributed by atoms with Crippen molar-refractivity contribution in [2.75, 3.05) is 7.05 Å². The number of benzene rings is 1. The molecule has 4 nitrogen and oxygen atoms in total. The SMILES string of the molecule is Cc1nnc(CN(C)[C@@H](c2ccccc2Cl)C(C)C)o1. The number of halogens is 1. The van der Waals surface area contributed by atoms with Gasteiger partial charge in [0.1, 0.15) is 0 Å². The summed E-state index contributed by atoms with van der Waals surface area (Å²) in [5, 5.41) is 8.71. The van der Waals surface area contributed by atoms with Crippen LogP contribution in [-0.4, -0.2) is 22.1 Å². The van der Waals surface area contributed by atoms with Crippen LogP contribution in [0, 0.1) is 12.8 Å². The standard InChI is InChI=1S/C15H20ClN3O/c1-10(2)15(12-7-5-6-8-13(12)16)19(4)9-14-18-17-11(3)20-14/h5-8,10,15H,9H2,1-4H3/t15-/m1/s1. The maximum Gasteiger partial charge on any atom is 0.230 e. The van der Waals surface area contributed by atoms with Crippen LogP contribution in [0.5, 0.6) is 0 Å². The minimum atomic E-state index is 0.205. The molecule has 0 radical (unpaired) electrons. The first kappa shape index (κ1) is 15.0. The van der Waals surface area contributed by atoms with Crippen molar-refractivity contribution < 1.29 is 4.42 Å². The molecule has 0 aliphatic heterocycles. The topological polar surface area (TPSA) is 42.2 Å². The number of rotatable bonds is 5. The Balaban J connectivity index is 2.22. The zero-order valence-corrected chi connectivity index (χ0v) is 13.1. The van der Waals surface area contributed by atoms with Crippen LogP contribution in [-0.2, 0) is 6.54 Å². The average molecular weight is 294 g/mol. The van der Waals surface area contributed by atoms with Crippen LogP contribution < -0.4 is 0 Å². The molecule has 0 saturated heterocycles. The van der Waals surface area contributed by atoms with Crippen LogP contribution in [0.25, 0.3) is 0 Å². The molecule has 0 unspecified atom stereocenters. The van der Waals surface area contributed by atoms with Gasteiger partial charge >= 0.3 is 0 Å². The number of aromatic nitrogens is 2.